The fraction of sp³-hybridized carbons (Fsp3) is 0.100. The highest BCUT2D eigenvalue weighted by molar-refractivity contribution is 9.10. The normalized spacial score (nSPS) is 10.5. The summed E-state index contributed by atoms with van der Waals surface area (Å²) < 4.78 is 33.0. The van der Waals surface area contributed by atoms with Crippen LogP contribution >= 0.6 is 15.9 Å². The van der Waals surface area contributed by atoms with Crippen molar-refractivity contribution in [2.24, 2.45) is 0 Å². The van der Waals surface area contributed by atoms with Gasteiger partial charge in [0.15, 0.2) is 0 Å². The van der Waals surface area contributed by atoms with Gasteiger partial charge in [-0.3, -0.25) is 0 Å². The Morgan fingerprint density at radius 2 is 1.68 bits per heavy atom. The summed E-state index contributed by atoms with van der Waals surface area (Å²) in [4.78, 5) is 0. The molecule has 3 rings (SSSR count). The Kier molecular flexibility index (Phi) is 5.66. The number of ether oxygens (including phenoxy) is 1. The predicted molar refractivity (Wildman–Crippen MR) is 98.6 cm³/mol. The van der Waals surface area contributed by atoms with Crippen LogP contribution in [-0.2, 0) is 13.2 Å². The van der Waals surface area contributed by atoms with Crippen molar-refractivity contribution in [1.29, 1.82) is 0 Å². The summed E-state index contributed by atoms with van der Waals surface area (Å²) in [7, 11) is 0. The first kappa shape index (κ1) is 17.4. The Balaban J connectivity index is 1.70. The van der Waals surface area contributed by atoms with Gasteiger partial charge in [0.05, 0.1) is 0 Å². The number of hydrogen-bond donors (Lipinski definition) is 1. The number of halogens is 3. The maximum atomic E-state index is 13.3. The van der Waals surface area contributed by atoms with Gasteiger partial charge in [0.1, 0.15) is 24.0 Å². The fourth-order valence-electron chi connectivity index (χ4n) is 2.38. The second-order valence-electron chi connectivity index (χ2n) is 5.53. The molecule has 0 amide bonds. The summed E-state index contributed by atoms with van der Waals surface area (Å²) in [5.74, 6) is 0.157. The van der Waals surface area contributed by atoms with E-state index in [9.17, 15) is 8.78 Å². The van der Waals surface area contributed by atoms with Crippen LogP contribution in [0, 0.1) is 11.6 Å². The topological polar surface area (TPSA) is 21.3 Å². The molecule has 3 aromatic rings. The van der Waals surface area contributed by atoms with Crippen LogP contribution in [0.3, 0.4) is 0 Å². The van der Waals surface area contributed by atoms with Gasteiger partial charge in [0.2, 0.25) is 0 Å². The van der Waals surface area contributed by atoms with Gasteiger partial charge < -0.3 is 10.1 Å². The Morgan fingerprint density at radius 3 is 2.44 bits per heavy atom. The first-order valence-corrected chi connectivity index (χ1v) is 8.54. The molecule has 0 saturated heterocycles. The first-order chi connectivity index (χ1) is 12.1. The minimum atomic E-state index is -0.282. The van der Waals surface area contributed by atoms with Crippen LogP contribution in [0.4, 0.5) is 14.5 Å². The lowest BCUT2D eigenvalue weighted by molar-refractivity contribution is 0.302. The van der Waals surface area contributed by atoms with E-state index < -0.39 is 0 Å². The van der Waals surface area contributed by atoms with Crippen LogP contribution < -0.4 is 10.1 Å². The molecule has 0 unspecified atom stereocenters. The van der Waals surface area contributed by atoms with E-state index in [1.54, 1.807) is 18.2 Å². The number of hydrogen-bond acceptors (Lipinski definition) is 2. The monoisotopic (exact) mass is 403 g/mol. The maximum absolute atomic E-state index is 13.3. The number of rotatable bonds is 6. The van der Waals surface area contributed by atoms with E-state index in [0.717, 1.165) is 21.3 Å². The highest BCUT2D eigenvalue weighted by Crippen LogP contribution is 2.25. The second kappa shape index (κ2) is 8.12. The third-order valence-corrected chi connectivity index (χ3v) is 4.13. The lowest BCUT2D eigenvalue weighted by atomic mass is 10.2. The van der Waals surface area contributed by atoms with Crippen molar-refractivity contribution in [1.82, 2.24) is 0 Å². The zero-order valence-electron chi connectivity index (χ0n) is 13.3. The van der Waals surface area contributed by atoms with Crippen molar-refractivity contribution >= 4 is 21.6 Å². The third kappa shape index (κ3) is 5.03. The molecule has 0 aliphatic rings. The average Bonchev–Trinajstić information content (AvgIpc) is 2.60. The molecule has 0 fully saturated rings. The molecule has 128 valence electrons. The number of nitrogens with one attached hydrogen (secondary N) is 1. The lowest BCUT2D eigenvalue weighted by Gasteiger charge is -2.14. The predicted octanol–water partition coefficient (Wildman–Crippen LogP) is 5.92. The van der Waals surface area contributed by atoms with Gasteiger partial charge in [-0.2, -0.15) is 0 Å². The molecule has 2 nitrogen and oxygen atoms in total. The molecule has 1 N–H and O–H groups in total. The van der Waals surface area contributed by atoms with Gasteiger partial charge >= 0.3 is 0 Å². The average molecular weight is 404 g/mol. The Hall–Kier alpha value is -2.40. The Labute approximate surface area is 153 Å². The summed E-state index contributed by atoms with van der Waals surface area (Å²) in [6, 6.07) is 18.2. The van der Waals surface area contributed by atoms with E-state index >= 15 is 0 Å². The van der Waals surface area contributed by atoms with Crippen LogP contribution in [-0.4, -0.2) is 0 Å². The summed E-state index contributed by atoms with van der Waals surface area (Å²) in [6.07, 6.45) is 0. The fourth-order valence-corrected chi connectivity index (χ4v) is 2.79. The molecule has 0 aliphatic heterocycles. The molecule has 0 spiro atoms. The summed E-state index contributed by atoms with van der Waals surface area (Å²) in [5.41, 5.74) is 2.52. The van der Waals surface area contributed by atoms with Crippen LogP contribution in [0.5, 0.6) is 5.75 Å². The van der Waals surface area contributed by atoms with Crippen molar-refractivity contribution in [2.45, 2.75) is 13.2 Å². The second-order valence-corrected chi connectivity index (χ2v) is 6.45. The molecule has 0 radical (unpaired) electrons. The number of benzene rings is 3. The van der Waals surface area contributed by atoms with Crippen molar-refractivity contribution < 1.29 is 13.5 Å². The Morgan fingerprint density at radius 1 is 0.880 bits per heavy atom. The van der Waals surface area contributed by atoms with Gasteiger partial charge in [-0.1, -0.05) is 28.1 Å². The van der Waals surface area contributed by atoms with E-state index in [4.69, 9.17) is 4.74 Å². The highest BCUT2D eigenvalue weighted by atomic mass is 79.9. The quantitative estimate of drug-likeness (QED) is 0.551. The Bertz CT molecular complexity index is 853. The SMILES string of the molecule is Fc1ccc(NCc2cc(Br)ccc2OCc2cccc(F)c2)cc1. The molecule has 0 heterocycles. The van der Waals surface area contributed by atoms with Crippen molar-refractivity contribution in [3.63, 3.8) is 0 Å². The van der Waals surface area contributed by atoms with Crippen LogP contribution in [0.1, 0.15) is 11.1 Å². The maximum Gasteiger partial charge on any atom is 0.124 e. The number of anilines is 1. The van der Waals surface area contributed by atoms with E-state index in [2.05, 4.69) is 21.2 Å². The molecule has 0 aliphatic carbocycles. The zero-order valence-corrected chi connectivity index (χ0v) is 14.9. The van der Waals surface area contributed by atoms with E-state index in [1.807, 2.05) is 24.3 Å². The van der Waals surface area contributed by atoms with Gasteiger partial charge in [-0.15, -0.1) is 0 Å². The largest absolute Gasteiger partial charge is 0.489 e. The zero-order chi connectivity index (χ0) is 17.6. The van der Waals surface area contributed by atoms with Gasteiger partial charge in [0.25, 0.3) is 0 Å². The molecule has 0 bridgehead atoms. The van der Waals surface area contributed by atoms with E-state index in [-0.39, 0.29) is 18.2 Å². The van der Waals surface area contributed by atoms with Crippen molar-refractivity contribution in [2.75, 3.05) is 5.32 Å². The molecule has 0 aromatic heterocycles. The minimum Gasteiger partial charge on any atom is -0.489 e. The van der Waals surface area contributed by atoms with E-state index in [1.165, 1.54) is 24.3 Å². The molecule has 0 saturated carbocycles. The summed E-state index contributed by atoms with van der Waals surface area (Å²) in [5, 5.41) is 3.24. The molecular formula is C20H16BrF2NO. The van der Waals surface area contributed by atoms with Gasteiger partial charge in [-0.05, 0) is 60.2 Å². The minimum absolute atomic E-state index is 0.271. The summed E-state index contributed by atoms with van der Waals surface area (Å²) in [6.45, 7) is 0.798. The van der Waals surface area contributed by atoms with Crippen LogP contribution in [0.25, 0.3) is 0 Å². The lowest BCUT2D eigenvalue weighted by Crippen LogP contribution is -2.04. The molecule has 3 aromatic carbocycles. The molecule has 0 atom stereocenters. The van der Waals surface area contributed by atoms with Crippen molar-refractivity contribution in [3.8, 4) is 5.75 Å². The van der Waals surface area contributed by atoms with Gasteiger partial charge in [-0.25, -0.2) is 8.78 Å². The standard InChI is InChI=1S/C20H16BrF2NO/c21-16-4-9-20(25-13-14-2-1-3-18(23)10-14)15(11-16)12-24-19-7-5-17(22)6-8-19/h1-11,24H,12-13H2. The first-order valence-electron chi connectivity index (χ1n) is 7.75. The van der Waals surface area contributed by atoms with Crippen LogP contribution in [0.2, 0.25) is 0 Å². The van der Waals surface area contributed by atoms with Crippen molar-refractivity contribution in [3.05, 3.63) is 94.0 Å². The van der Waals surface area contributed by atoms with Gasteiger partial charge in [0, 0.05) is 22.3 Å². The van der Waals surface area contributed by atoms with Crippen LogP contribution in [0.15, 0.2) is 71.2 Å². The summed E-state index contributed by atoms with van der Waals surface area (Å²) >= 11 is 3.46. The molecule has 5 heteroatoms. The molecule has 25 heavy (non-hydrogen) atoms. The molecular weight excluding hydrogens is 388 g/mol. The highest BCUT2D eigenvalue weighted by Gasteiger charge is 2.06. The third-order valence-electron chi connectivity index (χ3n) is 3.63. The smallest absolute Gasteiger partial charge is 0.124 e. The van der Waals surface area contributed by atoms with E-state index in [0.29, 0.717) is 12.3 Å².